The van der Waals surface area contributed by atoms with E-state index in [4.69, 9.17) is 5.11 Å². The number of ether oxygens (including phenoxy) is 1. The van der Waals surface area contributed by atoms with E-state index in [1.165, 1.54) is 7.11 Å². The molecule has 0 heterocycles. The topological polar surface area (TPSA) is 89.7 Å². The maximum absolute atomic E-state index is 13.2. The number of benzene rings is 1. The van der Waals surface area contributed by atoms with E-state index in [0.717, 1.165) is 6.07 Å². The zero-order valence-electron chi connectivity index (χ0n) is 8.27. The molecule has 0 aliphatic carbocycles. The second-order valence-electron chi connectivity index (χ2n) is 2.96. The van der Waals surface area contributed by atoms with Gasteiger partial charge in [0.25, 0.3) is 0 Å². The summed E-state index contributed by atoms with van der Waals surface area (Å²) in [7, 11) is 1.31. The number of hydrogen-bond acceptors (Lipinski definition) is 4. The molecule has 6 nitrogen and oxygen atoms in total. The van der Waals surface area contributed by atoms with Crippen LogP contribution in [0, 0.1) is 15.9 Å². The maximum atomic E-state index is 13.2. The van der Waals surface area contributed by atoms with E-state index in [1.807, 2.05) is 0 Å². The molecule has 86 valence electrons. The van der Waals surface area contributed by atoms with E-state index in [0.29, 0.717) is 6.07 Å². The highest BCUT2D eigenvalue weighted by atomic mass is 19.1. The largest absolute Gasteiger partial charge is 0.478 e. The number of methoxy groups -OCH3 is 1. The second kappa shape index (κ2) is 4.67. The standard InChI is InChI=1S/C9H8FNO5/c1-16-4-5-2-7(10)8(11(14)15)3-6(5)9(12)13/h2-3H,4H2,1H3,(H,12,13). The van der Waals surface area contributed by atoms with Gasteiger partial charge in [0.05, 0.1) is 17.1 Å². The Kier molecular flexibility index (Phi) is 3.51. The number of carboxylic acids is 1. The van der Waals surface area contributed by atoms with Gasteiger partial charge in [0.1, 0.15) is 0 Å². The van der Waals surface area contributed by atoms with E-state index in [2.05, 4.69) is 4.74 Å². The number of rotatable bonds is 4. The summed E-state index contributed by atoms with van der Waals surface area (Å²) >= 11 is 0. The first kappa shape index (κ1) is 12.1. The zero-order valence-corrected chi connectivity index (χ0v) is 8.27. The van der Waals surface area contributed by atoms with Gasteiger partial charge in [0.2, 0.25) is 5.82 Å². The van der Waals surface area contributed by atoms with Crippen LogP contribution in [0.15, 0.2) is 12.1 Å². The lowest BCUT2D eigenvalue weighted by molar-refractivity contribution is -0.387. The molecule has 0 saturated heterocycles. The third kappa shape index (κ3) is 2.31. The van der Waals surface area contributed by atoms with Crippen LogP contribution in [0.2, 0.25) is 0 Å². The molecule has 0 radical (unpaired) electrons. The number of carboxylic acid groups (broad SMARTS) is 1. The average Bonchev–Trinajstić information content (AvgIpc) is 2.17. The Bertz CT molecular complexity index is 446. The molecule has 0 atom stereocenters. The first-order valence-corrected chi connectivity index (χ1v) is 4.16. The van der Waals surface area contributed by atoms with Crippen molar-refractivity contribution in [2.45, 2.75) is 6.61 Å². The van der Waals surface area contributed by atoms with Crippen molar-refractivity contribution >= 4 is 11.7 Å². The molecule has 0 aliphatic rings. The smallest absolute Gasteiger partial charge is 0.336 e. The van der Waals surface area contributed by atoms with Crippen molar-refractivity contribution in [2.75, 3.05) is 7.11 Å². The average molecular weight is 229 g/mol. The van der Waals surface area contributed by atoms with Gasteiger partial charge in [-0.25, -0.2) is 4.79 Å². The molecule has 0 aliphatic heterocycles. The molecule has 7 heteroatoms. The summed E-state index contributed by atoms with van der Waals surface area (Å²) in [6, 6.07) is 1.48. The number of hydrogen-bond donors (Lipinski definition) is 1. The third-order valence-electron chi connectivity index (χ3n) is 1.90. The predicted molar refractivity (Wildman–Crippen MR) is 50.7 cm³/mol. The number of halogens is 1. The number of carbonyl (C=O) groups is 1. The number of nitrogens with zero attached hydrogens (tertiary/aromatic N) is 1. The fourth-order valence-corrected chi connectivity index (χ4v) is 1.22. The van der Waals surface area contributed by atoms with Gasteiger partial charge < -0.3 is 9.84 Å². The normalized spacial score (nSPS) is 10.1. The molecule has 0 aromatic heterocycles. The lowest BCUT2D eigenvalue weighted by atomic mass is 10.1. The van der Waals surface area contributed by atoms with Crippen LogP contribution in [0.5, 0.6) is 0 Å². The molecule has 1 rings (SSSR count). The van der Waals surface area contributed by atoms with Crippen LogP contribution in [0.4, 0.5) is 10.1 Å². The number of nitro benzene ring substituents is 1. The minimum atomic E-state index is -1.37. The zero-order chi connectivity index (χ0) is 12.3. The van der Waals surface area contributed by atoms with Crippen molar-refractivity contribution in [3.8, 4) is 0 Å². The Morgan fingerprint density at radius 3 is 2.69 bits per heavy atom. The summed E-state index contributed by atoms with van der Waals surface area (Å²) < 4.78 is 17.9. The molecule has 16 heavy (non-hydrogen) atoms. The highest BCUT2D eigenvalue weighted by Gasteiger charge is 2.21. The van der Waals surface area contributed by atoms with Crippen molar-refractivity contribution in [2.24, 2.45) is 0 Å². The number of nitro groups is 1. The monoisotopic (exact) mass is 229 g/mol. The minimum absolute atomic E-state index is 0.0538. The van der Waals surface area contributed by atoms with Crippen LogP contribution < -0.4 is 0 Å². The Balaban J connectivity index is 3.36. The molecule has 1 aromatic rings. The van der Waals surface area contributed by atoms with Gasteiger partial charge in [-0.2, -0.15) is 4.39 Å². The highest BCUT2D eigenvalue weighted by molar-refractivity contribution is 5.90. The summed E-state index contributed by atoms with van der Waals surface area (Å²) in [6.45, 7) is -0.128. The molecule has 1 aromatic carbocycles. The lowest BCUT2D eigenvalue weighted by Crippen LogP contribution is -2.06. The second-order valence-corrected chi connectivity index (χ2v) is 2.96. The molecule has 0 saturated carbocycles. The lowest BCUT2D eigenvalue weighted by Gasteiger charge is -2.05. The quantitative estimate of drug-likeness (QED) is 0.625. The van der Waals surface area contributed by atoms with Crippen LogP contribution >= 0.6 is 0 Å². The van der Waals surface area contributed by atoms with Crippen molar-refractivity contribution in [1.82, 2.24) is 0 Å². The van der Waals surface area contributed by atoms with E-state index in [9.17, 15) is 19.3 Å². The van der Waals surface area contributed by atoms with E-state index < -0.39 is 22.4 Å². The van der Waals surface area contributed by atoms with Crippen molar-refractivity contribution in [3.05, 3.63) is 39.2 Å². The molecule has 1 N–H and O–H groups in total. The predicted octanol–water partition coefficient (Wildman–Crippen LogP) is 1.58. The molecule has 0 fully saturated rings. The first-order valence-electron chi connectivity index (χ1n) is 4.16. The fourth-order valence-electron chi connectivity index (χ4n) is 1.22. The van der Waals surface area contributed by atoms with Crippen molar-refractivity contribution < 1.29 is 24.0 Å². The SMILES string of the molecule is COCc1cc(F)c([N+](=O)[O-])cc1C(=O)O. The van der Waals surface area contributed by atoms with Crippen molar-refractivity contribution in [3.63, 3.8) is 0 Å². The van der Waals surface area contributed by atoms with Gasteiger partial charge in [0, 0.05) is 13.2 Å². The maximum Gasteiger partial charge on any atom is 0.336 e. The van der Waals surface area contributed by atoms with E-state index in [-0.39, 0.29) is 17.7 Å². The third-order valence-corrected chi connectivity index (χ3v) is 1.90. The Morgan fingerprint density at radius 2 is 2.25 bits per heavy atom. The summed E-state index contributed by atoms with van der Waals surface area (Å²) in [5.41, 5.74) is -1.15. The molecule has 0 bridgehead atoms. The van der Waals surface area contributed by atoms with E-state index >= 15 is 0 Å². The van der Waals surface area contributed by atoms with Gasteiger partial charge in [-0.15, -0.1) is 0 Å². The first-order chi connectivity index (χ1) is 7.47. The Hall–Kier alpha value is -2.02. The molecular formula is C9H8FNO5. The summed E-state index contributed by atoms with van der Waals surface area (Å²) in [5, 5.41) is 19.2. The van der Waals surface area contributed by atoms with Crippen LogP contribution in [0.25, 0.3) is 0 Å². The molecule has 0 unspecified atom stereocenters. The Morgan fingerprint density at radius 1 is 1.62 bits per heavy atom. The van der Waals surface area contributed by atoms with Crippen LogP contribution in [0.1, 0.15) is 15.9 Å². The summed E-state index contributed by atoms with van der Waals surface area (Å²) in [6.07, 6.45) is 0. The summed E-state index contributed by atoms with van der Waals surface area (Å²) in [4.78, 5) is 20.2. The molecule has 0 spiro atoms. The minimum Gasteiger partial charge on any atom is -0.478 e. The van der Waals surface area contributed by atoms with Gasteiger partial charge >= 0.3 is 11.7 Å². The van der Waals surface area contributed by atoms with Crippen LogP contribution in [-0.4, -0.2) is 23.1 Å². The van der Waals surface area contributed by atoms with Crippen LogP contribution in [0.3, 0.4) is 0 Å². The summed E-state index contributed by atoms with van der Waals surface area (Å²) in [5.74, 6) is -2.45. The number of aromatic carboxylic acids is 1. The van der Waals surface area contributed by atoms with E-state index in [1.54, 1.807) is 0 Å². The van der Waals surface area contributed by atoms with Gasteiger partial charge in [-0.05, 0) is 11.6 Å². The molecular weight excluding hydrogens is 221 g/mol. The van der Waals surface area contributed by atoms with Gasteiger partial charge in [-0.3, -0.25) is 10.1 Å². The highest BCUT2D eigenvalue weighted by Crippen LogP contribution is 2.23. The van der Waals surface area contributed by atoms with Crippen LogP contribution in [-0.2, 0) is 11.3 Å². The van der Waals surface area contributed by atoms with Gasteiger partial charge in [0.15, 0.2) is 0 Å². The fraction of sp³-hybridized carbons (Fsp3) is 0.222. The van der Waals surface area contributed by atoms with Crippen molar-refractivity contribution in [1.29, 1.82) is 0 Å². The Labute approximate surface area is 89.4 Å². The molecule has 0 amide bonds. The van der Waals surface area contributed by atoms with Gasteiger partial charge in [-0.1, -0.05) is 0 Å².